The number of rotatable bonds is 2. The lowest BCUT2D eigenvalue weighted by atomic mass is 10.2. The van der Waals surface area contributed by atoms with Gasteiger partial charge in [-0.3, -0.25) is 4.79 Å². The van der Waals surface area contributed by atoms with E-state index in [0.717, 1.165) is 20.8 Å². The number of hydrogen-bond acceptors (Lipinski definition) is 2. The summed E-state index contributed by atoms with van der Waals surface area (Å²) < 4.78 is 1.95. The van der Waals surface area contributed by atoms with Crippen molar-refractivity contribution in [3.8, 4) is 0 Å². The van der Waals surface area contributed by atoms with Crippen LogP contribution in [0.3, 0.4) is 0 Å². The second kappa shape index (κ2) is 8.19. The summed E-state index contributed by atoms with van der Waals surface area (Å²) in [5.41, 5.74) is 1.63. The normalized spacial score (nSPS) is 9.28. The lowest BCUT2D eigenvalue weighted by Gasteiger charge is -1.93. The van der Waals surface area contributed by atoms with Crippen molar-refractivity contribution in [2.75, 3.05) is 0 Å². The van der Waals surface area contributed by atoms with Gasteiger partial charge in [0, 0.05) is 14.5 Å². The van der Waals surface area contributed by atoms with E-state index in [2.05, 4.69) is 31.9 Å². The zero-order valence-electron chi connectivity index (χ0n) is 9.51. The number of carbonyl (C=O) groups is 1. The van der Waals surface area contributed by atoms with Crippen LogP contribution in [0.1, 0.15) is 15.9 Å². The molecule has 2 nitrogen and oxygen atoms in total. The van der Waals surface area contributed by atoms with Crippen molar-refractivity contribution in [2.24, 2.45) is 0 Å². The number of aliphatic hydroxyl groups is 1. The molecule has 2 aromatic carbocycles. The standard InChI is InChI=1S/C7H7BrO.C7H5BrO/c2*8-7-3-1-2-6(4-7)5-9/h1-4,9H,5H2;1-5H. The molecule has 2 aromatic rings. The van der Waals surface area contributed by atoms with Crippen molar-refractivity contribution in [3.63, 3.8) is 0 Å². The molecule has 2 rings (SSSR count). The minimum atomic E-state index is 0.111. The highest BCUT2D eigenvalue weighted by Gasteiger charge is 1.88. The van der Waals surface area contributed by atoms with Crippen LogP contribution in [0.15, 0.2) is 57.5 Å². The Balaban J connectivity index is 0.000000180. The summed E-state index contributed by atoms with van der Waals surface area (Å²) in [6, 6.07) is 14.8. The van der Waals surface area contributed by atoms with Crippen molar-refractivity contribution in [1.29, 1.82) is 0 Å². The maximum atomic E-state index is 10.1. The number of halogens is 2. The van der Waals surface area contributed by atoms with E-state index in [4.69, 9.17) is 5.11 Å². The van der Waals surface area contributed by atoms with Crippen molar-refractivity contribution < 1.29 is 9.90 Å². The first-order chi connectivity index (χ1) is 8.65. The van der Waals surface area contributed by atoms with Crippen molar-refractivity contribution in [2.45, 2.75) is 6.61 Å². The molecule has 0 aliphatic rings. The van der Waals surface area contributed by atoms with Gasteiger partial charge in [-0.15, -0.1) is 0 Å². The zero-order valence-corrected chi connectivity index (χ0v) is 12.7. The van der Waals surface area contributed by atoms with Crippen LogP contribution in [0.4, 0.5) is 0 Å². The van der Waals surface area contributed by atoms with Gasteiger partial charge in [-0.1, -0.05) is 56.1 Å². The van der Waals surface area contributed by atoms with Crippen LogP contribution in [0, 0.1) is 0 Å². The molecule has 0 unspecified atom stereocenters. The molecule has 0 aliphatic carbocycles. The van der Waals surface area contributed by atoms with Crippen LogP contribution in [0.2, 0.25) is 0 Å². The van der Waals surface area contributed by atoms with Gasteiger partial charge in [-0.2, -0.15) is 0 Å². The Kier molecular flexibility index (Phi) is 6.86. The van der Waals surface area contributed by atoms with E-state index >= 15 is 0 Å². The molecule has 94 valence electrons. The van der Waals surface area contributed by atoms with Crippen LogP contribution in [-0.2, 0) is 6.61 Å². The molecule has 0 radical (unpaired) electrons. The molecule has 0 atom stereocenters. The quantitative estimate of drug-likeness (QED) is 0.803. The van der Waals surface area contributed by atoms with Gasteiger partial charge in [0.1, 0.15) is 6.29 Å². The Labute approximate surface area is 123 Å². The number of aliphatic hydroxyl groups excluding tert-OH is 1. The van der Waals surface area contributed by atoms with E-state index in [-0.39, 0.29) is 6.61 Å². The highest BCUT2D eigenvalue weighted by atomic mass is 79.9. The summed E-state index contributed by atoms with van der Waals surface area (Å²) in [4.78, 5) is 10.1. The van der Waals surface area contributed by atoms with Crippen molar-refractivity contribution in [1.82, 2.24) is 0 Å². The minimum absolute atomic E-state index is 0.111. The van der Waals surface area contributed by atoms with E-state index in [1.54, 1.807) is 12.1 Å². The molecule has 0 bridgehead atoms. The Morgan fingerprint density at radius 1 is 1.00 bits per heavy atom. The third-order valence-electron chi connectivity index (χ3n) is 2.06. The molecule has 0 spiro atoms. The van der Waals surface area contributed by atoms with Gasteiger partial charge in [0.25, 0.3) is 0 Å². The maximum Gasteiger partial charge on any atom is 0.150 e. The SMILES string of the molecule is O=Cc1cccc(Br)c1.OCc1cccc(Br)c1. The fraction of sp³-hybridized carbons (Fsp3) is 0.0714. The number of benzene rings is 2. The fourth-order valence-electron chi connectivity index (χ4n) is 1.22. The Bertz CT molecular complexity index is 513. The highest BCUT2D eigenvalue weighted by molar-refractivity contribution is 9.10. The van der Waals surface area contributed by atoms with Crippen molar-refractivity contribution in [3.05, 3.63) is 68.6 Å². The summed E-state index contributed by atoms with van der Waals surface area (Å²) in [5, 5.41) is 8.64. The lowest BCUT2D eigenvalue weighted by Crippen LogP contribution is -1.79. The second-order valence-electron chi connectivity index (χ2n) is 3.46. The van der Waals surface area contributed by atoms with Crippen LogP contribution >= 0.6 is 31.9 Å². The third-order valence-corrected chi connectivity index (χ3v) is 3.04. The van der Waals surface area contributed by atoms with Gasteiger partial charge in [0.05, 0.1) is 6.61 Å². The van der Waals surface area contributed by atoms with Crippen LogP contribution in [-0.4, -0.2) is 11.4 Å². The highest BCUT2D eigenvalue weighted by Crippen LogP contribution is 2.11. The molecule has 4 heteroatoms. The van der Waals surface area contributed by atoms with Crippen LogP contribution in [0.5, 0.6) is 0 Å². The van der Waals surface area contributed by atoms with E-state index in [0.29, 0.717) is 5.56 Å². The first-order valence-corrected chi connectivity index (χ1v) is 6.80. The first kappa shape index (κ1) is 15.1. The van der Waals surface area contributed by atoms with Crippen LogP contribution in [0.25, 0.3) is 0 Å². The molecular formula is C14H12Br2O2. The molecule has 0 fully saturated rings. The molecule has 1 N–H and O–H groups in total. The van der Waals surface area contributed by atoms with Gasteiger partial charge in [0.2, 0.25) is 0 Å². The predicted octanol–water partition coefficient (Wildman–Crippen LogP) is 4.20. The predicted molar refractivity (Wildman–Crippen MR) is 79.6 cm³/mol. The molecule has 18 heavy (non-hydrogen) atoms. The number of carbonyl (C=O) groups excluding carboxylic acids is 1. The summed E-state index contributed by atoms with van der Waals surface area (Å²) in [5.74, 6) is 0. The minimum Gasteiger partial charge on any atom is -0.392 e. The molecule has 0 amide bonds. The van der Waals surface area contributed by atoms with Crippen LogP contribution < -0.4 is 0 Å². The first-order valence-electron chi connectivity index (χ1n) is 5.21. The van der Waals surface area contributed by atoms with Gasteiger partial charge >= 0.3 is 0 Å². The van der Waals surface area contributed by atoms with E-state index in [1.807, 2.05) is 36.4 Å². The average molecular weight is 372 g/mol. The molecule has 0 aliphatic heterocycles. The second-order valence-corrected chi connectivity index (χ2v) is 5.29. The lowest BCUT2D eigenvalue weighted by molar-refractivity contribution is 0.112. The molecule has 0 saturated heterocycles. The fourth-order valence-corrected chi connectivity index (χ4v) is 2.08. The average Bonchev–Trinajstić information content (AvgIpc) is 2.39. The van der Waals surface area contributed by atoms with E-state index < -0.39 is 0 Å². The molecule has 0 aromatic heterocycles. The Morgan fingerprint density at radius 2 is 1.61 bits per heavy atom. The third kappa shape index (κ3) is 5.58. The van der Waals surface area contributed by atoms with Gasteiger partial charge < -0.3 is 5.11 Å². The largest absolute Gasteiger partial charge is 0.392 e. The van der Waals surface area contributed by atoms with Crippen molar-refractivity contribution >= 4 is 38.1 Å². The number of aldehydes is 1. The van der Waals surface area contributed by atoms with Gasteiger partial charge in [-0.25, -0.2) is 0 Å². The molecular weight excluding hydrogens is 360 g/mol. The smallest absolute Gasteiger partial charge is 0.150 e. The molecule has 0 saturated carbocycles. The summed E-state index contributed by atoms with van der Waals surface area (Å²) >= 11 is 6.54. The topological polar surface area (TPSA) is 37.3 Å². The Morgan fingerprint density at radius 3 is 2.00 bits per heavy atom. The van der Waals surface area contributed by atoms with Gasteiger partial charge in [0.15, 0.2) is 0 Å². The summed E-state index contributed by atoms with van der Waals surface area (Å²) in [6.07, 6.45) is 0.824. The summed E-state index contributed by atoms with van der Waals surface area (Å²) in [7, 11) is 0. The molecule has 0 heterocycles. The zero-order chi connectivity index (χ0) is 13.4. The van der Waals surface area contributed by atoms with E-state index in [1.165, 1.54) is 0 Å². The number of hydrogen-bond donors (Lipinski definition) is 1. The Hall–Kier alpha value is -0.970. The maximum absolute atomic E-state index is 10.1. The van der Waals surface area contributed by atoms with Gasteiger partial charge in [-0.05, 0) is 29.8 Å². The summed E-state index contributed by atoms with van der Waals surface area (Å²) in [6.45, 7) is 0.111. The van der Waals surface area contributed by atoms with E-state index in [9.17, 15) is 4.79 Å². The monoisotopic (exact) mass is 370 g/mol.